The molecule has 1 aromatic carbocycles. The Bertz CT molecular complexity index is 1610. The number of fused-ring (bicyclic) bond motifs is 1. The number of hydrogen-bond acceptors (Lipinski definition) is 8. The zero-order valence-corrected chi connectivity index (χ0v) is 21.8. The smallest absolute Gasteiger partial charge is 0.267 e. The fourth-order valence-electron chi connectivity index (χ4n) is 4.61. The average molecular weight is 525 g/mol. The molecule has 0 spiro atoms. The van der Waals surface area contributed by atoms with E-state index in [0.29, 0.717) is 43.4 Å². The van der Waals surface area contributed by atoms with E-state index in [-0.39, 0.29) is 23.2 Å². The van der Waals surface area contributed by atoms with Crippen molar-refractivity contribution in [2.45, 2.75) is 13.5 Å². The summed E-state index contributed by atoms with van der Waals surface area (Å²) in [5, 5.41) is 12.5. The molecule has 1 aliphatic heterocycles. The van der Waals surface area contributed by atoms with E-state index in [1.54, 1.807) is 31.5 Å². The van der Waals surface area contributed by atoms with Crippen molar-refractivity contribution in [1.82, 2.24) is 14.7 Å². The molecule has 4 aromatic rings. The SMILES string of the molecule is COc1ccc(N2CCN(c3nc4c(C)cccn4c(=O)c3C=C(C#N)C(=O)NCc3ccco3)CC2)cc1. The van der Waals surface area contributed by atoms with Crippen molar-refractivity contribution in [1.29, 1.82) is 5.26 Å². The molecule has 1 saturated heterocycles. The van der Waals surface area contributed by atoms with Gasteiger partial charge >= 0.3 is 0 Å². The van der Waals surface area contributed by atoms with E-state index in [1.807, 2.05) is 48.2 Å². The van der Waals surface area contributed by atoms with Gasteiger partial charge in [0.05, 0.1) is 25.5 Å². The molecule has 1 fully saturated rings. The van der Waals surface area contributed by atoms with Crippen molar-refractivity contribution >= 4 is 29.1 Å². The lowest BCUT2D eigenvalue weighted by molar-refractivity contribution is -0.117. The predicted molar refractivity (Wildman–Crippen MR) is 148 cm³/mol. The Hall–Kier alpha value is -5.04. The molecule has 5 rings (SSSR count). The molecule has 10 heteroatoms. The number of piperazine rings is 1. The number of methoxy groups -OCH3 is 1. The number of carbonyl (C=O) groups is 1. The van der Waals surface area contributed by atoms with Crippen LogP contribution in [-0.2, 0) is 11.3 Å². The summed E-state index contributed by atoms with van der Waals surface area (Å²) in [7, 11) is 1.64. The number of hydrogen-bond donors (Lipinski definition) is 1. The second-order valence-corrected chi connectivity index (χ2v) is 9.14. The number of carbonyl (C=O) groups excluding carboxylic acids is 1. The molecule has 0 atom stereocenters. The van der Waals surface area contributed by atoms with Gasteiger partial charge in [0, 0.05) is 38.1 Å². The minimum Gasteiger partial charge on any atom is -0.497 e. The molecule has 1 N–H and O–H groups in total. The number of ether oxygens (including phenoxy) is 1. The normalized spacial score (nSPS) is 13.8. The predicted octanol–water partition coefficient (Wildman–Crippen LogP) is 3.15. The molecule has 1 amide bonds. The van der Waals surface area contributed by atoms with E-state index in [2.05, 4.69) is 10.2 Å². The Labute approximate surface area is 225 Å². The van der Waals surface area contributed by atoms with Crippen molar-refractivity contribution in [3.63, 3.8) is 0 Å². The first kappa shape index (κ1) is 25.6. The number of aryl methyl sites for hydroxylation is 1. The summed E-state index contributed by atoms with van der Waals surface area (Å²) in [4.78, 5) is 35.7. The maximum absolute atomic E-state index is 13.7. The van der Waals surface area contributed by atoms with E-state index in [4.69, 9.17) is 14.1 Å². The third-order valence-electron chi connectivity index (χ3n) is 6.74. The van der Waals surface area contributed by atoms with Crippen molar-refractivity contribution in [3.05, 3.63) is 93.8 Å². The molecule has 10 nitrogen and oxygen atoms in total. The zero-order chi connectivity index (χ0) is 27.4. The minimum atomic E-state index is -0.599. The van der Waals surface area contributed by atoms with Crippen LogP contribution in [0.3, 0.4) is 0 Å². The van der Waals surface area contributed by atoms with Gasteiger partial charge in [-0.2, -0.15) is 5.26 Å². The van der Waals surface area contributed by atoms with Gasteiger partial charge < -0.3 is 24.3 Å². The Morgan fingerprint density at radius 3 is 2.54 bits per heavy atom. The lowest BCUT2D eigenvalue weighted by Crippen LogP contribution is -2.47. The number of benzene rings is 1. The van der Waals surface area contributed by atoms with Gasteiger partial charge in [0.2, 0.25) is 0 Å². The number of nitrogens with one attached hydrogen (secondary N) is 1. The molecule has 39 heavy (non-hydrogen) atoms. The molecule has 4 heterocycles. The summed E-state index contributed by atoms with van der Waals surface area (Å²) in [5.74, 6) is 1.21. The molecular formula is C29H28N6O4. The van der Waals surface area contributed by atoms with Crippen LogP contribution in [0, 0.1) is 18.3 Å². The van der Waals surface area contributed by atoms with Crippen molar-refractivity contribution in [3.8, 4) is 11.8 Å². The molecule has 0 saturated carbocycles. The first-order valence-corrected chi connectivity index (χ1v) is 12.6. The number of anilines is 2. The van der Waals surface area contributed by atoms with Crippen LogP contribution >= 0.6 is 0 Å². The number of nitrogens with zero attached hydrogens (tertiary/aromatic N) is 5. The van der Waals surface area contributed by atoms with Gasteiger partial charge in [-0.1, -0.05) is 6.07 Å². The number of nitriles is 1. The monoisotopic (exact) mass is 524 g/mol. The van der Waals surface area contributed by atoms with Crippen LogP contribution in [0.25, 0.3) is 11.7 Å². The summed E-state index contributed by atoms with van der Waals surface area (Å²) in [5.41, 5.74) is 2.13. The number of rotatable bonds is 7. The highest BCUT2D eigenvalue weighted by atomic mass is 16.5. The molecule has 0 bridgehead atoms. The maximum atomic E-state index is 13.7. The molecule has 0 radical (unpaired) electrons. The molecule has 198 valence electrons. The fraction of sp³-hybridized carbons (Fsp3) is 0.241. The first-order chi connectivity index (χ1) is 19.0. The number of amides is 1. The van der Waals surface area contributed by atoms with Gasteiger partial charge in [-0.05, 0) is 61.0 Å². The quantitative estimate of drug-likeness (QED) is 0.290. The van der Waals surface area contributed by atoms with Crippen molar-refractivity contribution < 1.29 is 13.9 Å². The van der Waals surface area contributed by atoms with Gasteiger partial charge in [0.15, 0.2) is 0 Å². The summed E-state index contributed by atoms with van der Waals surface area (Å²) in [6.07, 6.45) is 4.49. The third-order valence-corrected chi connectivity index (χ3v) is 6.74. The summed E-state index contributed by atoms with van der Waals surface area (Å²) < 4.78 is 12.0. The standard InChI is InChI=1S/C29H28N6O4/c1-20-5-3-11-35-26(20)32-27(34-14-12-33(13-15-34)22-7-9-23(38-2)10-8-22)25(29(35)37)17-21(18-30)28(36)31-19-24-6-4-16-39-24/h3-11,16-17H,12-15,19H2,1-2H3,(H,31,36). The minimum absolute atomic E-state index is 0.124. The van der Waals surface area contributed by atoms with Crippen LogP contribution in [0.4, 0.5) is 11.5 Å². The summed E-state index contributed by atoms with van der Waals surface area (Å²) in [6.45, 7) is 4.64. The highest BCUT2D eigenvalue weighted by Crippen LogP contribution is 2.25. The molecular weight excluding hydrogens is 496 g/mol. The van der Waals surface area contributed by atoms with Crippen molar-refractivity contribution in [2.24, 2.45) is 0 Å². The molecule has 1 aliphatic rings. The zero-order valence-electron chi connectivity index (χ0n) is 21.8. The highest BCUT2D eigenvalue weighted by Gasteiger charge is 2.24. The lowest BCUT2D eigenvalue weighted by Gasteiger charge is -2.37. The van der Waals surface area contributed by atoms with E-state index in [1.165, 1.54) is 16.7 Å². The fourth-order valence-corrected chi connectivity index (χ4v) is 4.61. The average Bonchev–Trinajstić information content (AvgIpc) is 3.50. The van der Waals surface area contributed by atoms with Crippen LogP contribution in [0.15, 0.2) is 75.8 Å². The summed E-state index contributed by atoms with van der Waals surface area (Å²) in [6, 6.07) is 16.9. The van der Waals surface area contributed by atoms with Crippen molar-refractivity contribution in [2.75, 3.05) is 43.1 Å². The second-order valence-electron chi connectivity index (χ2n) is 9.14. The van der Waals surface area contributed by atoms with Crippen LogP contribution in [0.1, 0.15) is 16.9 Å². The summed E-state index contributed by atoms with van der Waals surface area (Å²) >= 11 is 0. The second kappa shape index (κ2) is 11.1. The Morgan fingerprint density at radius 2 is 1.87 bits per heavy atom. The lowest BCUT2D eigenvalue weighted by atomic mass is 10.1. The highest BCUT2D eigenvalue weighted by molar-refractivity contribution is 6.02. The van der Waals surface area contributed by atoms with E-state index in [0.717, 1.165) is 17.0 Å². The van der Waals surface area contributed by atoms with Gasteiger partial charge in [-0.15, -0.1) is 0 Å². The van der Waals surface area contributed by atoms with Gasteiger partial charge in [0.25, 0.3) is 11.5 Å². The van der Waals surface area contributed by atoms with E-state index < -0.39 is 5.91 Å². The first-order valence-electron chi connectivity index (χ1n) is 12.6. The Kier molecular flexibility index (Phi) is 7.32. The largest absolute Gasteiger partial charge is 0.497 e. The molecule has 0 aliphatic carbocycles. The maximum Gasteiger partial charge on any atom is 0.267 e. The number of aromatic nitrogens is 2. The Morgan fingerprint density at radius 1 is 1.13 bits per heavy atom. The van der Waals surface area contributed by atoms with E-state index in [9.17, 15) is 14.9 Å². The topological polar surface area (TPSA) is 116 Å². The molecule has 0 unspecified atom stereocenters. The van der Waals surface area contributed by atoms with Crippen LogP contribution in [0.5, 0.6) is 5.75 Å². The number of pyridine rings is 1. The number of furan rings is 1. The van der Waals surface area contributed by atoms with Gasteiger partial charge in [-0.25, -0.2) is 4.98 Å². The Balaban J connectivity index is 1.47. The van der Waals surface area contributed by atoms with E-state index >= 15 is 0 Å². The van der Waals surface area contributed by atoms with Gasteiger partial charge in [-0.3, -0.25) is 14.0 Å². The van der Waals surface area contributed by atoms with Crippen LogP contribution in [0.2, 0.25) is 0 Å². The van der Waals surface area contributed by atoms with Gasteiger partial charge in [0.1, 0.15) is 34.6 Å². The molecule has 3 aromatic heterocycles. The third kappa shape index (κ3) is 5.33. The van der Waals surface area contributed by atoms with Crippen LogP contribution < -0.4 is 25.4 Å². The van der Waals surface area contributed by atoms with Crippen LogP contribution in [-0.4, -0.2) is 48.6 Å².